The first-order chi connectivity index (χ1) is 9.53. The van der Waals surface area contributed by atoms with Crippen LogP contribution in [0.2, 0.25) is 0 Å². The Morgan fingerprint density at radius 3 is 2.20 bits per heavy atom. The lowest BCUT2D eigenvalue weighted by Gasteiger charge is -2.17. The molecule has 0 aliphatic heterocycles. The maximum atomic E-state index is 12.3. The first-order valence-electron chi connectivity index (χ1n) is 6.37. The summed E-state index contributed by atoms with van der Waals surface area (Å²) in [4.78, 5) is 0.248. The highest BCUT2D eigenvalue weighted by atomic mass is 32.2. The number of rotatable bonds is 5. The zero-order valence-electron chi connectivity index (χ0n) is 11.3. The van der Waals surface area contributed by atoms with Gasteiger partial charge in [-0.05, 0) is 24.6 Å². The molecule has 0 saturated heterocycles. The number of nitrogens with one attached hydrogen (secondary N) is 1. The molecule has 0 unspecified atom stereocenters. The van der Waals surface area contributed by atoms with E-state index in [0.717, 1.165) is 11.1 Å². The highest BCUT2D eigenvalue weighted by Gasteiger charge is 2.20. The summed E-state index contributed by atoms with van der Waals surface area (Å²) in [6.45, 7) is 2.12. The Labute approximate surface area is 119 Å². The van der Waals surface area contributed by atoms with Gasteiger partial charge in [0.1, 0.15) is 0 Å². The van der Waals surface area contributed by atoms with E-state index in [9.17, 15) is 8.42 Å². The van der Waals surface area contributed by atoms with E-state index in [-0.39, 0.29) is 11.4 Å². The lowest BCUT2D eigenvalue weighted by Crippen LogP contribution is -2.33. The molecule has 2 rings (SSSR count). The van der Waals surface area contributed by atoms with Gasteiger partial charge in [0.2, 0.25) is 10.0 Å². The maximum absolute atomic E-state index is 12.3. The van der Waals surface area contributed by atoms with Crippen LogP contribution in [-0.2, 0) is 10.0 Å². The van der Waals surface area contributed by atoms with E-state index in [1.54, 1.807) is 24.3 Å². The van der Waals surface area contributed by atoms with Gasteiger partial charge in [-0.3, -0.25) is 0 Å². The fraction of sp³-hybridized carbons (Fsp3) is 0.200. The lowest BCUT2D eigenvalue weighted by molar-refractivity contribution is 0.558. The van der Waals surface area contributed by atoms with Gasteiger partial charge in [0.25, 0.3) is 0 Å². The molecule has 0 fully saturated rings. The highest BCUT2D eigenvalue weighted by Crippen LogP contribution is 2.16. The van der Waals surface area contributed by atoms with Crippen LogP contribution >= 0.6 is 0 Å². The first kappa shape index (κ1) is 14.7. The Hall–Kier alpha value is -1.69. The second-order valence-electron chi connectivity index (χ2n) is 4.63. The predicted molar refractivity (Wildman–Crippen MR) is 79.7 cm³/mol. The van der Waals surface area contributed by atoms with Crippen molar-refractivity contribution in [1.29, 1.82) is 0 Å². The Balaban J connectivity index is 2.24. The van der Waals surface area contributed by atoms with Crippen LogP contribution < -0.4 is 10.5 Å². The van der Waals surface area contributed by atoms with E-state index in [1.807, 2.05) is 37.3 Å². The number of aryl methyl sites for hydroxylation is 1. The van der Waals surface area contributed by atoms with Crippen LogP contribution in [0, 0.1) is 6.92 Å². The first-order valence-corrected chi connectivity index (χ1v) is 7.85. The molecule has 0 spiro atoms. The average Bonchev–Trinajstić information content (AvgIpc) is 2.46. The van der Waals surface area contributed by atoms with Crippen LogP contribution in [-0.4, -0.2) is 15.0 Å². The topological polar surface area (TPSA) is 72.2 Å². The van der Waals surface area contributed by atoms with Gasteiger partial charge in [-0.25, -0.2) is 13.1 Å². The van der Waals surface area contributed by atoms with Crippen molar-refractivity contribution in [3.63, 3.8) is 0 Å². The molecular formula is C15H18N2O2S. The van der Waals surface area contributed by atoms with Crippen LogP contribution in [0.5, 0.6) is 0 Å². The van der Waals surface area contributed by atoms with Crippen molar-refractivity contribution in [1.82, 2.24) is 4.72 Å². The van der Waals surface area contributed by atoms with Crippen molar-refractivity contribution >= 4 is 10.0 Å². The summed E-state index contributed by atoms with van der Waals surface area (Å²) in [5.74, 6) is 0. The second-order valence-corrected chi connectivity index (χ2v) is 6.35. The monoisotopic (exact) mass is 290 g/mol. The van der Waals surface area contributed by atoms with Crippen LogP contribution in [0.15, 0.2) is 59.5 Å². The molecule has 0 aromatic heterocycles. The van der Waals surface area contributed by atoms with Crippen molar-refractivity contribution in [2.75, 3.05) is 6.54 Å². The fourth-order valence-corrected chi connectivity index (χ4v) is 3.15. The molecule has 4 nitrogen and oxygen atoms in total. The molecule has 0 bridgehead atoms. The predicted octanol–water partition coefficient (Wildman–Crippen LogP) is 1.97. The molecule has 2 aromatic rings. The molecule has 0 heterocycles. The normalized spacial score (nSPS) is 13.1. The van der Waals surface area contributed by atoms with Gasteiger partial charge >= 0.3 is 0 Å². The summed E-state index contributed by atoms with van der Waals surface area (Å²) < 4.78 is 27.3. The van der Waals surface area contributed by atoms with E-state index < -0.39 is 16.1 Å². The third-order valence-corrected chi connectivity index (χ3v) is 4.55. The van der Waals surface area contributed by atoms with Crippen molar-refractivity contribution < 1.29 is 8.42 Å². The maximum Gasteiger partial charge on any atom is 0.241 e. The minimum Gasteiger partial charge on any atom is -0.329 e. The molecule has 0 radical (unpaired) electrons. The molecule has 0 amide bonds. The minimum absolute atomic E-state index is 0.203. The van der Waals surface area contributed by atoms with Gasteiger partial charge in [-0.2, -0.15) is 0 Å². The average molecular weight is 290 g/mol. The third-order valence-electron chi connectivity index (χ3n) is 3.07. The van der Waals surface area contributed by atoms with E-state index in [1.165, 1.54) is 0 Å². The van der Waals surface area contributed by atoms with Crippen molar-refractivity contribution in [3.05, 3.63) is 65.7 Å². The fourth-order valence-electron chi connectivity index (χ4n) is 1.91. The van der Waals surface area contributed by atoms with Gasteiger partial charge in [0, 0.05) is 6.54 Å². The molecule has 106 valence electrons. The summed E-state index contributed by atoms with van der Waals surface area (Å²) >= 11 is 0. The van der Waals surface area contributed by atoms with Crippen molar-refractivity contribution in [3.8, 4) is 0 Å². The quantitative estimate of drug-likeness (QED) is 0.884. The van der Waals surface area contributed by atoms with Crippen LogP contribution in [0.3, 0.4) is 0 Å². The van der Waals surface area contributed by atoms with Crippen molar-refractivity contribution in [2.45, 2.75) is 17.9 Å². The zero-order chi connectivity index (χ0) is 14.6. The summed E-state index contributed by atoms with van der Waals surface area (Å²) in [6, 6.07) is 15.6. The molecular weight excluding hydrogens is 272 g/mol. The van der Waals surface area contributed by atoms with Gasteiger partial charge in [-0.1, -0.05) is 48.0 Å². The van der Waals surface area contributed by atoms with Gasteiger partial charge < -0.3 is 5.73 Å². The zero-order valence-corrected chi connectivity index (χ0v) is 12.1. The molecule has 5 heteroatoms. The molecule has 0 aliphatic carbocycles. The minimum atomic E-state index is -3.57. The lowest BCUT2D eigenvalue weighted by atomic mass is 10.1. The largest absolute Gasteiger partial charge is 0.329 e. The van der Waals surface area contributed by atoms with Gasteiger partial charge in [0.05, 0.1) is 10.9 Å². The summed E-state index contributed by atoms with van der Waals surface area (Å²) in [5, 5.41) is 0. The van der Waals surface area contributed by atoms with Gasteiger partial charge in [0.15, 0.2) is 0 Å². The number of hydrogen-bond acceptors (Lipinski definition) is 3. The number of sulfonamides is 1. The highest BCUT2D eigenvalue weighted by molar-refractivity contribution is 7.89. The Morgan fingerprint density at radius 2 is 1.65 bits per heavy atom. The number of benzene rings is 2. The molecule has 0 saturated carbocycles. The summed E-state index contributed by atoms with van der Waals surface area (Å²) in [7, 11) is -3.57. The van der Waals surface area contributed by atoms with Crippen molar-refractivity contribution in [2.24, 2.45) is 5.73 Å². The Kier molecular flexibility index (Phi) is 4.54. The van der Waals surface area contributed by atoms with E-state index in [2.05, 4.69) is 4.72 Å². The van der Waals surface area contributed by atoms with Gasteiger partial charge in [-0.15, -0.1) is 0 Å². The molecule has 1 atom stereocenters. The number of nitrogens with two attached hydrogens (primary N) is 1. The molecule has 20 heavy (non-hydrogen) atoms. The smallest absolute Gasteiger partial charge is 0.241 e. The summed E-state index contributed by atoms with van der Waals surface area (Å²) in [6.07, 6.45) is 0. The van der Waals surface area contributed by atoms with Crippen LogP contribution in [0.1, 0.15) is 17.2 Å². The Bertz CT molecular complexity index is 652. The standard InChI is InChI=1S/C15H18N2O2S/c1-12-7-9-14(10-8-12)20(18,19)17-15(11-16)13-5-3-2-4-6-13/h2-10,15,17H,11,16H2,1H3/t15-/m0/s1. The van der Waals surface area contributed by atoms with E-state index in [4.69, 9.17) is 5.73 Å². The summed E-state index contributed by atoms with van der Waals surface area (Å²) in [5.41, 5.74) is 7.56. The number of hydrogen-bond donors (Lipinski definition) is 2. The second kappa shape index (κ2) is 6.17. The third kappa shape index (κ3) is 3.45. The van der Waals surface area contributed by atoms with Crippen LogP contribution in [0.4, 0.5) is 0 Å². The van der Waals surface area contributed by atoms with E-state index in [0.29, 0.717) is 0 Å². The van der Waals surface area contributed by atoms with E-state index >= 15 is 0 Å². The molecule has 3 N–H and O–H groups in total. The van der Waals surface area contributed by atoms with Crippen LogP contribution in [0.25, 0.3) is 0 Å². The molecule has 0 aliphatic rings. The SMILES string of the molecule is Cc1ccc(S(=O)(=O)N[C@@H](CN)c2ccccc2)cc1. The Morgan fingerprint density at radius 1 is 1.05 bits per heavy atom. The molecule has 2 aromatic carbocycles.